The zero-order valence-corrected chi connectivity index (χ0v) is 13.1. The lowest BCUT2D eigenvalue weighted by molar-refractivity contribution is -0.136. The van der Waals surface area contributed by atoms with Gasteiger partial charge in [0.15, 0.2) is 0 Å². The third-order valence-corrected chi connectivity index (χ3v) is 4.86. The summed E-state index contributed by atoms with van der Waals surface area (Å²) in [4.78, 5) is 21.2. The molecule has 1 aromatic heterocycles. The van der Waals surface area contributed by atoms with E-state index in [-0.39, 0.29) is 6.42 Å². The summed E-state index contributed by atoms with van der Waals surface area (Å²) in [7, 11) is 2.16. The summed E-state index contributed by atoms with van der Waals surface area (Å²) in [5, 5.41) is 10.0. The molecule has 1 aromatic rings. The zero-order valence-electron chi connectivity index (χ0n) is 12.3. The Labute approximate surface area is 124 Å². The highest BCUT2D eigenvalue weighted by Crippen LogP contribution is 2.21. The fourth-order valence-electron chi connectivity index (χ4n) is 2.42. The Morgan fingerprint density at radius 1 is 1.35 bits per heavy atom. The molecule has 0 unspecified atom stereocenters. The third kappa shape index (κ3) is 4.26. The van der Waals surface area contributed by atoms with Crippen LogP contribution in [0.5, 0.6) is 0 Å². The van der Waals surface area contributed by atoms with Gasteiger partial charge in [-0.1, -0.05) is 6.92 Å². The van der Waals surface area contributed by atoms with Crippen LogP contribution in [0.3, 0.4) is 0 Å². The van der Waals surface area contributed by atoms with Crippen LogP contribution >= 0.6 is 11.3 Å². The second-order valence-electron chi connectivity index (χ2n) is 5.30. The Morgan fingerprint density at radius 3 is 2.65 bits per heavy atom. The number of carboxylic acids is 1. The quantitative estimate of drug-likeness (QED) is 0.853. The van der Waals surface area contributed by atoms with Gasteiger partial charge in [0, 0.05) is 44.0 Å². The van der Waals surface area contributed by atoms with Crippen LogP contribution in [0, 0.1) is 0 Å². The van der Waals surface area contributed by atoms with E-state index >= 15 is 0 Å². The van der Waals surface area contributed by atoms with Crippen LogP contribution in [0.2, 0.25) is 0 Å². The molecule has 0 amide bonds. The van der Waals surface area contributed by atoms with E-state index < -0.39 is 5.97 Å². The second kappa shape index (κ2) is 7.15. The van der Waals surface area contributed by atoms with Gasteiger partial charge < -0.3 is 14.9 Å². The highest BCUT2D eigenvalue weighted by atomic mass is 32.1. The number of aromatic nitrogens is 1. The van der Waals surface area contributed by atoms with Crippen molar-refractivity contribution in [3.8, 4) is 0 Å². The molecule has 1 fully saturated rings. The first-order valence-electron chi connectivity index (χ1n) is 7.18. The number of piperazine rings is 1. The third-order valence-electron chi connectivity index (χ3n) is 3.71. The molecule has 1 saturated heterocycles. The molecule has 1 aliphatic heterocycles. The van der Waals surface area contributed by atoms with Gasteiger partial charge in [0.25, 0.3) is 0 Å². The number of thiazole rings is 1. The van der Waals surface area contributed by atoms with Crippen molar-refractivity contribution >= 4 is 17.3 Å². The number of carboxylic acid groups (broad SMARTS) is 1. The van der Waals surface area contributed by atoms with Crippen LogP contribution in [0.4, 0.5) is 0 Å². The molecule has 2 rings (SSSR count). The van der Waals surface area contributed by atoms with Gasteiger partial charge in [0.2, 0.25) is 0 Å². The van der Waals surface area contributed by atoms with E-state index in [2.05, 4.69) is 21.8 Å². The Kier molecular flexibility index (Phi) is 5.51. The lowest BCUT2D eigenvalue weighted by Gasteiger charge is -2.32. The van der Waals surface area contributed by atoms with E-state index in [0.29, 0.717) is 0 Å². The van der Waals surface area contributed by atoms with E-state index in [1.165, 1.54) is 0 Å². The summed E-state index contributed by atoms with van der Waals surface area (Å²) in [5.74, 6) is -0.769. The fourth-order valence-corrected chi connectivity index (χ4v) is 3.56. The summed E-state index contributed by atoms with van der Waals surface area (Å²) in [6, 6.07) is 0. The predicted molar refractivity (Wildman–Crippen MR) is 80.5 cm³/mol. The van der Waals surface area contributed by atoms with Crippen molar-refractivity contribution in [1.82, 2.24) is 14.8 Å². The topological polar surface area (TPSA) is 56.7 Å². The van der Waals surface area contributed by atoms with E-state index in [1.54, 1.807) is 11.3 Å². The molecule has 0 radical (unpaired) electrons. The second-order valence-corrected chi connectivity index (χ2v) is 6.46. The minimum atomic E-state index is -0.769. The summed E-state index contributed by atoms with van der Waals surface area (Å²) < 4.78 is 0. The Morgan fingerprint density at radius 2 is 2.05 bits per heavy atom. The Hall–Kier alpha value is -0.980. The van der Waals surface area contributed by atoms with Crippen molar-refractivity contribution < 1.29 is 9.90 Å². The SMILES string of the molecule is CCc1nc(CCN2CCN(C)CC2)sc1CC(=O)O. The standard InChI is InChI=1S/C14H23N3O2S/c1-3-11-12(10-14(18)19)20-13(15-11)4-5-17-8-6-16(2)7-9-17/h3-10H2,1-2H3,(H,18,19). The number of hydrogen-bond donors (Lipinski definition) is 1. The normalized spacial score (nSPS) is 17.5. The van der Waals surface area contributed by atoms with Crippen LogP contribution in [0.1, 0.15) is 22.5 Å². The van der Waals surface area contributed by atoms with E-state index in [1.807, 2.05) is 6.92 Å². The number of nitrogens with zero attached hydrogens (tertiary/aromatic N) is 3. The molecule has 0 saturated carbocycles. The highest BCUT2D eigenvalue weighted by Gasteiger charge is 2.16. The van der Waals surface area contributed by atoms with Gasteiger partial charge in [-0.15, -0.1) is 11.3 Å². The van der Waals surface area contributed by atoms with Crippen molar-refractivity contribution in [2.45, 2.75) is 26.2 Å². The molecular formula is C14H23N3O2S. The van der Waals surface area contributed by atoms with Crippen molar-refractivity contribution in [2.24, 2.45) is 0 Å². The van der Waals surface area contributed by atoms with Crippen molar-refractivity contribution in [2.75, 3.05) is 39.8 Å². The minimum Gasteiger partial charge on any atom is -0.481 e. The first-order valence-corrected chi connectivity index (χ1v) is 8.00. The van der Waals surface area contributed by atoms with E-state index in [0.717, 1.165) is 61.1 Å². The summed E-state index contributed by atoms with van der Waals surface area (Å²) in [5.41, 5.74) is 0.964. The molecule has 20 heavy (non-hydrogen) atoms. The van der Waals surface area contributed by atoms with Gasteiger partial charge in [-0.05, 0) is 13.5 Å². The molecule has 6 heteroatoms. The van der Waals surface area contributed by atoms with Crippen molar-refractivity contribution in [3.05, 3.63) is 15.6 Å². The van der Waals surface area contributed by atoms with Gasteiger partial charge in [-0.25, -0.2) is 4.98 Å². The molecule has 0 aliphatic carbocycles. The summed E-state index contributed by atoms with van der Waals surface area (Å²) in [6.07, 6.45) is 1.85. The maximum absolute atomic E-state index is 10.8. The van der Waals surface area contributed by atoms with Gasteiger partial charge in [0.1, 0.15) is 0 Å². The first-order chi connectivity index (χ1) is 9.58. The molecule has 2 heterocycles. The average molecular weight is 297 g/mol. The van der Waals surface area contributed by atoms with Crippen LogP contribution in [0.25, 0.3) is 0 Å². The predicted octanol–water partition coefficient (Wildman–Crippen LogP) is 1.12. The number of aryl methyl sites for hydroxylation is 1. The Bertz CT molecular complexity index is 453. The van der Waals surface area contributed by atoms with E-state index in [9.17, 15) is 4.79 Å². The number of likely N-dealkylation sites (N-methyl/N-ethyl adjacent to an activating group) is 1. The molecule has 0 atom stereocenters. The molecule has 0 bridgehead atoms. The minimum absolute atomic E-state index is 0.106. The lowest BCUT2D eigenvalue weighted by Crippen LogP contribution is -2.45. The number of aliphatic carboxylic acids is 1. The van der Waals surface area contributed by atoms with Crippen molar-refractivity contribution in [1.29, 1.82) is 0 Å². The van der Waals surface area contributed by atoms with Gasteiger partial charge in [0.05, 0.1) is 17.1 Å². The lowest BCUT2D eigenvalue weighted by atomic mass is 10.2. The van der Waals surface area contributed by atoms with Crippen LogP contribution in [-0.4, -0.2) is 65.6 Å². The fraction of sp³-hybridized carbons (Fsp3) is 0.714. The largest absolute Gasteiger partial charge is 0.481 e. The smallest absolute Gasteiger partial charge is 0.308 e. The molecular weight excluding hydrogens is 274 g/mol. The van der Waals surface area contributed by atoms with Crippen LogP contribution in [-0.2, 0) is 24.1 Å². The number of rotatable bonds is 6. The van der Waals surface area contributed by atoms with Crippen LogP contribution < -0.4 is 0 Å². The monoisotopic (exact) mass is 297 g/mol. The maximum atomic E-state index is 10.8. The molecule has 0 aromatic carbocycles. The van der Waals surface area contributed by atoms with Gasteiger partial charge in [-0.3, -0.25) is 4.79 Å². The van der Waals surface area contributed by atoms with Crippen LogP contribution in [0.15, 0.2) is 0 Å². The van der Waals surface area contributed by atoms with Crippen molar-refractivity contribution in [3.63, 3.8) is 0 Å². The molecule has 1 N–H and O–H groups in total. The van der Waals surface area contributed by atoms with Gasteiger partial charge in [-0.2, -0.15) is 0 Å². The number of carbonyl (C=O) groups is 1. The summed E-state index contributed by atoms with van der Waals surface area (Å²) in [6.45, 7) is 7.54. The molecule has 5 nitrogen and oxygen atoms in total. The maximum Gasteiger partial charge on any atom is 0.308 e. The number of hydrogen-bond acceptors (Lipinski definition) is 5. The molecule has 112 valence electrons. The van der Waals surface area contributed by atoms with E-state index in [4.69, 9.17) is 5.11 Å². The average Bonchev–Trinajstić information content (AvgIpc) is 2.79. The Balaban J connectivity index is 1.89. The molecule has 0 spiro atoms. The van der Waals surface area contributed by atoms with Gasteiger partial charge >= 0.3 is 5.97 Å². The highest BCUT2D eigenvalue weighted by molar-refractivity contribution is 7.11. The first kappa shape index (κ1) is 15.4. The summed E-state index contributed by atoms with van der Waals surface area (Å²) >= 11 is 1.57. The zero-order chi connectivity index (χ0) is 14.5. The molecule has 1 aliphatic rings.